The number of carboxylic acids is 1. The van der Waals surface area contributed by atoms with E-state index < -0.39 is 17.5 Å². The summed E-state index contributed by atoms with van der Waals surface area (Å²) in [7, 11) is 0. The number of carbonyl (C=O) groups excluding carboxylic acids is 1. The van der Waals surface area contributed by atoms with Crippen LogP contribution in [0.1, 0.15) is 106 Å². The van der Waals surface area contributed by atoms with Gasteiger partial charge in [0, 0.05) is 17.3 Å². The molecule has 0 spiro atoms. The van der Waals surface area contributed by atoms with E-state index in [1.54, 1.807) is 0 Å². The summed E-state index contributed by atoms with van der Waals surface area (Å²) < 4.78 is 0. The molecule has 2 N–H and O–H groups in total. The lowest BCUT2D eigenvalue weighted by molar-refractivity contribution is -0.193. The topological polar surface area (TPSA) is 74.6 Å². The molecule has 0 amide bonds. The van der Waals surface area contributed by atoms with Gasteiger partial charge in [0.05, 0.1) is 11.5 Å². The van der Waals surface area contributed by atoms with Gasteiger partial charge in [0.2, 0.25) is 0 Å². The Morgan fingerprint density at radius 3 is 2.24 bits per heavy atom. The van der Waals surface area contributed by atoms with Crippen LogP contribution < -0.4 is 0 Å². The van der Waals surface area contributed by atoms with Gasteiger partial charge in [-0.25, -0.2) is 0 Å². The number of carboxylic acid groups (broad SMARTS) is 1. The van der Waals surface area contributed by atoms with Crippen molar-refractivity contribution in [3.05, 3.63) is 11.6 Å². The molecule has 0 aromatic carbocycles. The molecule has 190 valence electrons. The smallest absolute Gasteiger partial charge is 0.309 e. The highest BCUT2D eigenvalue weighted by atomic mass is 16.4. The van der Waals surface area contributed by atoms with Crippen LogP contribution >= 0.6 is 0 Å². The van der Waals surface area contributed by atoms with E-state index in [9.17, 15) is 19.8 Å². The zero-order valence-electron chi connectivity index (χ0n) is 22.5. The van der Waals surface area contributed by atoms with Crippen LogP contribution in [0, 0.1) is 50.2 Å². The Hall–Kier alpha value is -1.16. The second-order valence-electron chi connectivity index (χ2n) is 14.8. The molecule has 0 saturated heterocycles. The normalized spacial score (nSPS) is 54.1. The predicted molar refractivity (Wildman–Crippen MR) is 133 cm³/mol. The summed E-state index contributed by atoms with van der Waals surface area (Å²) in [5.41, 5.74) is 0.360. The van der Waals surface area contributed by atoms with Crippen molar-refractivity contribution < 1.29 is 19.8 Å². The van der Waals surface area contributed by atoms with Gasteiger partial charge in [-0.05, 0) is 92.3 Å². The second kappa shape index (κ2) is 6.99. The first kappa shape index (κ1) is 24.5. The highest BCUT2D eigenvalue weighted by molar-refractivity contribution is 5.85. The maximum atomic E-state index is 12.9. The van der Waals surface area contributed by atoms with Gasteiger partial charge in [-0.1, -0.05) is 53.2 Å². The summed E-state index contributed by atoms with van der Waals surface area (Å²) in [5.74, 6) is 0.740. The quantitative estimate of drug-likeness (QED) is 0.434. The van der Waals surface area contributed by atoms with E-state index in [2.05, 4.69) is 47.6 Å². The van der Waals surface area contributed by atoms with E-state index in [0.717, 1.165) is 38.5 Å². The van der Waals surface area contributed by atoms with Crippen molar-refractivity contribution in [2.24, 2.45) is 50.2 Å². The summed E-state index contributed by atoms with van der Waals surface area (Å²) in [6, 6.07) is 0. The number of Topliss-reactive ketones (excluding diaryl/α,β-unsaturated/α-hetero) is 1. The predicted octanol–water partition coefficient (Wildman–Crippen LogP) is 6.41. The molecule has 0 radical (unpaired) electrons. The van der Waals surface area contributed by atoms with Gasteiger partial charge in [-0.3, -0.25) is 9.59 Å². The van der Waals surface area contributed by atoms with Crippen molar-refractivity contribution in [3.8, 4) is 0 Å². The van der Waals surface area contributed by atoms with Crippen molar-refractivity contribution in [1.82, 2.24) is 0 Å². The molecule has 4 nitrogen and oxygen atoms in total. The van der Waals surface area contributed by atoms with Gasteiger partial charge < -0.3 is 10.2 Å². The number of hydrogen-bond acceptors (Lipinski definition) is 3. The standard InChI is InChI=1S/C30H46O4/c1-25(2)20-10-13-30(7)21(28(20,5)12-11-22(25)31)9-8-18-19-16-26(3,24(33)34)17-23(32)27(19,4)14-15-29(18,30)6/h8,19-21,23,32H,9-17H2,1-7H3,(H,33,34)/t19-,20-,21+,23-,26+,27+,28-,29+,30+/m0/s1. The first-order valence-electron chi connectivity index (χ1n) is 13.7. The van der Waals surface area contributed by atoms with E-state index in [1.807, 2.05) is 6.92 Å². The van der Waals surface area contributed by atoms with Crippen LogP contribution in [0.5, 0.6) is 0 Å². The number of allylic oxidation sites excluding steroid dienone is 2. The molecule has 0 unspecified atom stereocenters. The highest BCUT2D eigenvalue weighted by Gasteiger charge is 2.69. The number of aliphatic hydroxyl groups excluding tert-OH is 1. The Balaban J connectivity index is 1.59. The van der Waals surface area contributed by atoms with E-state index >= 15 is 0 Å². The van der Waals surface area contributed by atoms with Crippen LogP contribution in [-0.2, 0) is 9.59 Å². The fourth-order valence-electron chi connectivity index (χ4n) is 10.5. The Morgan fingerprint density at radius 2 is 1.59 bits per heavy atom. The summed E-state index contributed by atoms with van der Waals surface area (Å²) in [4.78, 5) is 25.2. The molecule has 34 heavy (non-hydrogen) atoms. The summed E-state index contributed by atoms with van der Waals surface area (Å²) >= 11 is 0. The van der Waals surface area contributed by atoms with Gasteiger partial charge in [0.25, 0.3) is 0 Å². The van der Waals surface area contributed by atoms with E-state index in [0.29, 0.717) is 36.9 Å². The van der Waals surface area contributed by atoms with E-state index in [4.69, 9.17) is 0 Å². The molecule has 5 rings (SSSR count). The molecule has 0 heterocycles. The molecular weight excluding hydrogens is 424 g/mol. The number of hydrogen-bond donors (Lipinski definition) is 2. The molecule has 0 aromatic heterocycles. The Labute approximate surface area is 206 Å². The first-order valence-corrected chi connectivity index (χ1v) is 13.7. The van der Waals surface area contributed by atoms with Crippen LogP contribution in [0.2, 0.25) is 0 Å². The number of carbonyl (C=O) groups is 2. The molecule has 9 atom stereocenters. The molecule has 0 aromatic rings. The molecule has 0 bridgehead atoms. The Bertz CT molecular complexity index is 965. The minimum atomic E-state index is -0.877. The zero-order chi connectivity index (χ0) is 25.1. The van der Waals surface area contributed by atoms with E-state index in [-0.39, 0.29) is 33.0 Å². The highest BCUT2D eigenvalue weighted by Crippen LogP contribution is 2.75. The van der Waals surface area contributed by atoms with Crippen LogP contribution in [0.3, 0.4) is 0 Å². The zero-order valence-corrected chi connectivity index (χ0v) is 22.5. The molecule has 4 fully saturated rings. The van der Waals surface area contributed by atoms with Crippen LogP contribution in [0.15, 0.2) is 11.6 Å². The Kier molecular flexibility index (Phi) is 5.04. The first-order chi connectivity index (χ1) is 15.6. The lowest BCUT2D eigenvalue weighted by Crippen LogP contribution is -2.65. The maximum Gasteiger partial charge on any atom is 0.309 e. The Morgan fingerprint density at radius 1 is 0.912 bits per heavy atom. The minimum Gasteiger partial charge on any atom is -0.481 e. The van der Waals surface area contributed by atoms with Crippen LogP contribution in [0.4, 0.5) is 0 Å². The molecule has 4 heteroatoms. The van der Waals surface area contributed by atoms with Crippen LogP contribution in [-0.4, -0.2) is 28.1 Å². The number of aliphatic carboxylic acids is 1. The van der Waals surface area contributed by atoms with Crippen molar-refractivity contribution in [2.75, 3.05) is 0 Å². The van der Waals surface area contributed by atoms with Gasteiger partial charge in [0.1, 0.15) is 5.78 Å². The lowest BCUT2D eigenvalue weighted by atomic mass is 9.33. The third-order valence-corrected chi connectivity index (χ3v) is 13.2. The van der Waals surface area contributed by atoms with Crippen molar-refractivity contribution in [2.45, 2.75) is 112 Å². The van der Waals surface area contributed by atoms with Crippen LogP contribution in [0.25, 0.3) is 0 Å². The fraction of sp³-hybridized carbons (Fsp3) is 0.867. The molecule has 5 aliphatic carbocycles. The van der Waals surface area contributed by atoms with Crippen molar-refractivity contribution in [1.29, 1.82) is 0 Å². The lowest BCUT2D eigenvalue weighted by Gasteiger charge is -2.71. The van der Waals surface area contributed by atoms with Crippen molar-refractivity contribution >= 4 is 11.8 Å². The number of fused-ring (bicyclic) bond motifs is 7. The fourth-order valence-corrected chi connectivity index (χ4v) is 10.5. The van der Waals surface area contributed by atoms with Gasteiger partial charge in [-0.2, -0.15) is 0 Å². The SMILES string of the molecule is CC1(C)C(=O)CC[C@]2(C)[C@H]3CC=C4[C@@H]5C[C@@](C)(C(=O)O)C[C@H](O)[C@]5(C)CC[C@@]4(C)[C@]3(C)CC[C@@H]12. The molecule has 4 saturated carbocycles. The molecular formula is C30H46O4. The average Bonchev–Trinajstić information content (AvgIpc) is 2.73. The third-order valence-electron chi connectivity index (χ3n) is 13.2. The van der Waals surface area contributed by atoms with Gasteiger partial charge >= 0.3 is 5.97 Å². The van der Waals surface area contributed by atoms with Gasteiger partial charge in [0.15, 0.2) is 0 Å². The molecule has 5 aliphatic rings. The third kappa shape index (κ3) is 2.75. The van der Waals surface area contributed by atoms with E-state index in [1.165, 1.54) is 5.57 Å². The van der Waals surface area contributed by atoms with Crippen molar-refractivity contribution in [3.63, 3.8) is 0 Å². The summed E-state index contributed by atoms with van der Waals surface area (Å²) in [6.45, 7) is 15.9. The van der Waals surface area contributed by atoms with Gasteiger partial charge in [-0.15, -0.1) is 0 Å². The molecule has 0 aliphatic heterocycles. The number of aliphatic hydroxyl groups is 1. The monoisotopic (exact) mass is 470 g/mol. The largest absolute Gasteiger partial charge is 0.481 e. The second-order valence-corrected chi connectivity index (χ2v) is 14.8. The minimum absolute atomic E-state index is 0.0101. The number of ketones is 1. The average molecular weight is 471 g/mol. The summed E-state index contributed by atoms with van der Waals surface area (Å²) in [5, 5.41) is 21.3. The summed E-state index contributed by atoms with van der Waals surface area (Å²) in [6.07, 6.45) is 9.84. The maximum absolute atomic E-state index is 12.9. The number of rotatable bonds is 1.